The summed E-state index contributed by atoms with van der Waals surface area (Å²) in [6.07, 6.45) is 3.31. The highest BCUT2D eigenvalue weighted by Crippen LogP contribution is 2.36. The van der Waals surface area contributed by atoms with Gasteiger partial charge in [-0.3, -0.25) is 4.99 Å². The molecule has 1 heterocycles. The number of benzene rings is 2. The van der Waals surface area contributed by atoms with Gasteiger partial charge in [0.2, 0.25) is 5.88 Å². The lowest BCUT2D eigenvalue weighted by Gasteiger charge is -2.28. The van der Waals surface area contributed by atoms with Crippen molar-refractivity contribution in [3.63, 3.8) is 0 Å². The van der Waals surface area contributed by atoms with Crippen molar-refractivity contribution in [2.24, 2.45) is 10.9 Å². The predicted octanol–water partition coefficient (Wildman–Crippen LogP) is 6.82. The van der Waals surface area contributed by atoms with Crippen molar-refractivity contribution in [3.8, 4) is 17.0 Å². The molecule has 0 saturated carbocycles. The molecule has 3 aromatic rings. The van der Waals surface area contributed by atoms with Gasteiger partial charge in [0, 0.05) is 25.0 Å². The first kappa shape index (κ1) is 27.1. The quantitative estimate of drug-likeness (QED) is 0.245. The minimum atomic E-state index is 0.378. The first-order valence-electron chi connectivity index (χ1n) is 13.4. The summed E-state index contributed by atoms with van der Waals surface area (Å²) in [6, 6.07) is 23.4. The van der Waals surface area contributed by atoms with Crippen molar-refractivity contribution in [3.05, 3.63) is 83.7 Å². The maximum atomic E-state index is 7.92. The number of allylic oxidation sites excluding steroid dienone is 2. The molecule has 1 aromatic heterocycles. The summed E-state index contributed by atoms with van der Waals surface area (Å²) in [5.74, 6) is 1.64. The average Bonchev–Trinajstić information content (AvgIpc) is 2.95. The van der Waals surface area contributed by atoms with Gasteiger partial charge in [0.15, 0.2) is 5.84 Å². The molecule has 1 aliphatic carbocycles. The second kappa shape index (κ2) is 12.5. The third-order valence-corrected chi connectivity index (χ3v) is 7.10. The molecule has 6 heteroatoms. The summed E-state index contributed by atoms with van der Waals surface area (Å²) in [6.45, 7) is 7.47. The molecule has 198 valence electrons. The largest absolute Gasteiger partial charge is 0.480 e. The van der Waals surface area contributed by atoms with Crippen LogP contribution in [0.25, 0.3) is 16.7 Å². The maximum Gasteiger partial charge on any atom is 0.238 e. The Balaban J connectivity index is 1.69. The molecule has 0 spiro atoms. The Morgan fingerprint density at radius 1 is 1.08 bits per heavy atom. The van der Waals surface area contributed by atoms with Crippen LogP contribution in [0.1, 0.15) is 51.3 Å². The molecule has 0 radical (unpaired) electrons. The van der Waals surface area contributed by atoms with Crippen LogP contribution in [0.2, 0.25) is 0 Å². The second-order valence-corrected chi connectivity index (χ2v) is 9.85. The molecule has 0 fully saturated rings. The minimum absolute atomic E-state index is 0.378. The Morgan fingerprint density at radius 3 is 2.50 bits per heavy atom. The van der Waals surface area contributed by atoms with E-state index in [0.717, 1.165) is 43.0 Å². The third kappa shape index (κ3) is 6.13. The van der Waals surface area contributed by atoms with E-state index >= 15 is 0 Å². The highest BCUT2D eigenvalue weighted by atomic mass is 16.5. The van der Waals surface area contributed by atoms with Crippen molar-refractivity contribution in [2.75, 3.05) is 32.1 Å². The number of nitrogens with zero attached hydrogens (tertiary/aromatic N) is 3. The monoisotopic (exact) mass is 509 g/mol. The standard InChI is InChI=1S/C32H39N5O/c1-6-37(21-23(3)33)29-19-18-28(35-32(29)38-5)31(34-4)36-30-22(2)12-10-17-27(30)26-16-11-15-25(20-26)24-13-8-7-9-14-24/h7-9,11,13-16,18-20,22,33H,6,10,12,17,21H2,1-5H3,(H,34,36). The Kier molecular flexibility index (Phi) is 8.95. The fourth-order valence-corrected chi connectivity index (χ4v) is 5.15. The summed E-state index contributed by atoms with van der Waals surface area (Å²) in [5, 5.41) is 11.6. The Labute approximate surface area is 227 Å². The number of aromatic nitrogens is 1. The van der Waals surface area contributed by atoms with Gasteiger partial charge in [-0.1, -0.05) is 55.5 Å². The maximum absolute atomic E-state index is 7.92. The number of rotatable bonds is 9. The van der Waals surface area contributed by atoms with Gasteiger partial charge < -0.3 is 20.4 Å². The fraction of sp³-hybridized carbons (Fsp3) is 0.344. The number of methoxy groups -OCH3 is 1. The van der Waals surface area contributed by atoms with E-state index in [9.17, 15) is 0 Å². The van der Waals surface area contributed by atoms with E-state index in [1.54, 1.807) is 14.2 Å². The number of hydrogen-bond donors (Lipinski definition) is 2. The summed E-state index contributed by atoms with van der Waals surface area (Å²) in [4.78, 5) is 11.5. The smallest absolute Gasteiger partial charge is 0.238 e. The van der Waals surface area contributed by atoms with Gasteiger partial charge in [0.1, 0.15) is 11.4 Å². The molecule has 2 N–H and O–H groups in total. The molecule has 0 aliphatic heterocycles. The van der Waals surface area contributed by atoms with E-state index < -0.39 is 0 Å². The molecule has 1 atom stereocenters. The molecule has 0 saturated heterocycles. The molecule has 1 aliphatic rings. The number of nitrogens with one attached hydrogen (secondary N) is 2. The number of anilines is 1. The number of aliphatic imine (C=N–C) groups is 1. The third-order valence-electron chi connectivity index (χ3n) is 7.10. The van der Waals surface area contributed by atoms with Gasteiger partial charge in [-0.25, -0.2) is 4.98 Å². The lowest BCUT2D eigenvalue weighted by atomic mass is 9.84. The summed E-state index contributed by atoms with van der Waals surface area (Å²) in [7, 11) is 3.44. The van der Waals surface area contributed by atoms with Crippen molar-refractivity contribution in [1.82, 2.24) is 10.3 Å². The molecule has 4 rings (SSSR count). The Bertz CT molecular complexity index is 1330. The van der Waals surface area contributed by atoms with Crippen molar-refractivity contribution in [2.45, 2.75) is 40.0 Å². The van der Waals surface area contributed by atoms with Crippen LogP contribution >= 0.6 is 0 Å². The number of pyridine rings is 1. The van der Waals surface area contributed by atoms with E-state index in [-0.39, 0.29) is 0 Å². The van der Waals surface area contributed by atoms with Gasteiger partial charge >= 0.3 is 0 Å². The van der Waals surface area contributed by atoms with Crippen LogP contribution < -0.4 is 15.0 Å². The Hall–Kier alpha value is -3.93. The number of amidine groups is 1. The zero-order valence-corrected chi connectivity index (χ0v) is 23.2. The van der Waals surface area contributed by atoms with E-state index in [4.69, 9.17) is 15.1 Å². The Morgan fingerprint density at radius 2 is 1.82 bits per heavy atom. The van der Waals surface area contributed by atoms with Crippen molar-refractivity contribution in [1.29, 1.82) is 5.41 Å². The van der Waals surface area contributed by atoms with E-state index in [0.29, 0.717) is 24.1 Å². The first-order valence-corrected chi connectivity index (χ1v) is 13.4. The second-order valence-electron chi connectivity index (χ2n) is 9.85. The van der Waals surface area contributed by atoms with Gasteiger partial charge in [-0.2, -0.15) is 0 Å². The van der Waals surface area contributed by atoms with Gasteiger partial charge in [-0.05, 0) is 79.5 Å². The van der Waals surface area contributed by atoms with Gasteiger partial charge in [-0.15, -0.1) is 0 Å². The van der Waals surface area contributed by atoms with E-state index in [1.807, 2.05) is 19.1 Å². The molecule has 0 amide bonds. The van der Waals surface area contributed by atoms with Crippen molar-refractivity contribution < 1.29 is 4.74 Å². The highest BCUT2D eigenvalue weighted by Gasteiger charge is 2.24. The summed E-state index contributed by atoms with van der Waals surface area (Å²) >= 11 is 0. The van der Waals surface area contributed by atoms with Crippen LogP contribution in [0.15, 0.2) is 77.4 Å². The topological polar surface area (TPSA) is 73.6 Å². The van der Waals surface area contributed by atoms with Crippen LogP contribution in [0.5, 0.6) is 5.88 Å². The predicted molar refractivity (Wildman–Crippen MR) is 159 cm³/mol. The number of hydrogen-bond acceptors (Lipinski definition) is 5. The van der Waals surface area contributed by atoms with Crippen LogP contribution in [0.3, 0.4) is 0 Å². The van der Waals surface area contributed by atoms with E-state index in [1.165, 1.54) is 28.0 Å². The average molecular weight is 510 g/mol. The zero-order valence-electron chi connectivity index (χ0n) is 23.2. The molecular formula is C32H39N5O. The molecule has 6 nitrogen and oxygen atoms in total. The lowest BCUT2D eigenvalue weighted by Crippen LogP contribution is -2.31. The van der Waals surface area contributed by atoms with Crippen LogP contribution in [0.4, 0.5) is 5.69 Å². The summed E-state index contributed by atoms with van der Waals surface area (Å²) < 4.78 is 5.68. The molecule has 38 heavy (non-hydrogen) atoms. The zero-order chi connectivity index (χ0) is 27.1. The SMILES string of the molecule is CCN(CC(C)=N)c1ccc(C(=NC)NC2=C(c3cccc(-c4ccccc4)c3)CCCC2C)nc1OC. The molecule has 2 aromatic carbocycles. The fourth-order valence-electron chi connectivity index (χ4n) is 5.15. The minimum Gasteiger partial charge on any atom is -0.480 e. The van der Waals surface area contributed by atoms with Crippen molar-refractivity contribution >= 4 is 22.8 Å². The number of ether oxygens (including phenoxy) is 1. The highest BCUT2D eigenvalue weighted by molar-refractivity contribution is 5.99. The molecular weight excluding hydrogens is 470 g/mol. The summed E-state index contributed by atoms with van der Waals surface area (Å²) in [5.41, 5.74) is 8.45. The molecule has 1 unspecified atom stereocenters. The van der Waals surface area contributed by atoms with Crippen LogP contribution in [-0.2, 0) is 0 Å². The lowest BCUT2D eigenvalue weighted by molar-refractivity contribution is 0.397. The van der Waals surface area contributed by atoms with Gasteiger partial charge in [0.25, 0.3) is 0 Å². The molecule has 0 bridgehead atoms. The van der Waals surface area contributed by atoms with E-state index in [2.05, 4.69) is 83.7 Å². The van der Waals surface area contributed by atoms with Crippen LogP contribution in [-0.4, -0.2) is 43.8 Å². The normalized spacial score (nSPS) is 15.8. The van der Waals surface area contributed by atoms with Gasteiger partial charge in [0.05, 0.1) is 13.7 Å². The first-order chi connectivity index (χ1) is 18.4. The van der Waals surface area contributed by atoms with Crippen LogP contribution in [0, 0.1) is 11.3 Å².